The van der Waals surface area contributed by atoms with Crippen LogP contribution in [0.25, 0.3) is 5.57 Å². The van der Waals surface area contributed by atoms with Crippen molar-refractivity contribution in [1.29, 1.82) is 0 Å². The zero-order valence-electron chi connectivity index (χ0n) is 9.78. The summed E-state index contributed by atoms with van der Waals surface area (Å²) in [5, 5.41) is 8.78. The summed E-state index contributed by atoms with van der Waals surface area (Å²) in [7, 11) is 1.59. The van der Waals surface area contributed by atoms with Crippen molar-refractivity contribution in [3.8, 4) is 5.75 Å². The molecule has 0 saturated heterocycles. The summed E-state index contributed by atoms with van der Waals surface area (Å²) < 4.78 is 5.26. The summed E-state index contributed by atoms with van der Waals surface area (Å²) in [5.74, 6) is -0.214. The first-order chi connectivity index (χ1) is 7.58. The second kappa shape index (κ2) is 5.35. The molecule has 0 spiro atoms. The first kappa shape index (κ1) is 12.3. The van der Waals surface area contributed by atoms with Gasteiger partial charge in [-0.05, 0) is 30.5 Å². The van der Waals surface area contributed by atoms with Crippen LogP contribution in [0, 0.1) is 6.92 Å². The van der Waals surface area contributed by atoms with Gasteiger partial charge in [-0.25, -0.2) is 4.79 Å². The summed E-state index contributed by atoms with van der Waals surface area (Å²) in [6.07, 6.45) is 1.89. The van der Waals surface area contributed by atoms with Gasteiger partial charge in [0.15, 0.2) is 0 Å². The third kappa shape index (κ3) is 2.86. The van der Waals surface area contributed by atoms with Crippen molar-refractivity contribution in [2.45, 2.75) is 20.3 Å². The van der Waals surface area contributed by atoms with Crippen LogP contribution >= 0.6 is 0 Å². The predicted molar refractivity (Wildman–Crippen MR) is 63.6 cm³/mol. The van der Waals surface area contributed by atoms with Crippen LogP contribution in [-0.2, 0) is 4.79 Å². The van der Waals surface area contributed by atoms with Gasteiger partial charge in [0.05, 0.1) is 7.11 Å². The number of hydrogen-bond donors (Lipinski definition) is 1. The average molecular weight is 220 g/mol. The fourth-order valence-electron chi connectivity index (χ4n) is 1.58. The summed E-state index contributed by atoms with van der Waals surface area (Å²) in [6, 6.07) is 5.75. The summed E-state index contributed by atoms with van der Waals surface area (Å²) >= 11 is 0. The Hall–Kier alpha value is -1.77. The molecule has 0 aliphatic heterocycles. The lowest BCUT2D eigenvalue weighted by molar-refractivity contribution is -0.131. The van der Waals surface area contributed by atoms with Gasteiger partial charge in [0.1, 0.15) is 5.75 Å². The zero-order chi connectivity index (χ0) is 12.1. The number of ether oxygens (including phenoxy) is 1. The highest BCUT2D eigenvalue weighted by Gasteiger charge is 2.08. The lowest BCUT2D eigenvalue weighted by atomic mass is 10.0. The van der Waals surface area contributed by atoms with Crippen molar-refractivity contribution in [2.75, 3.05) is 7.11 Å². The number of hydrogen-bond acceptors (Lipinski definition) is 2. The van der Waals surface area contributed by atoms with Crippen LogP contribution in [0.3, 0.4) is 0 Å². The van der Waals surface area contributed by atoms with E-state index in [1.54, 1.807) is 7.11 Å². The standard InChI is InChI=1S/C13H16O3/c1-4-10(8-13(14)15)11-6-5-9(2)7-12(11)16-3/h5-8H,4H2,1-3H3,(H,14,15). The molecule has 0 aliphatic carbocycles. The maximum atomic E-state index is 10.7. The summed E-state index contributed by atoms with van der Waals surface area (Å²) in [5.41, 5.74) is 2.70. The molecule has 0 saturated carbocycles. The molecule has 0 radical (unpaired) electrons. The highest BCUT2D eigenvalue weighted by molar-refractivity contribution is 5.91. The monoisotopic (exact) mass is 220 g/mol. The van der Waals surface area contributed by atoms with Crippen LogP contribution < -0.4 is 4.74 Å². The van der Waals surface area contributed by atoms with E-state index in [2.05, 4.69) is 0 Å². The van der Waals surface area contributed by atoms with E-state index in [0.717, 1.165) is 16.7 Å². The van der Waals surface area contributed by atoms with Crippen LogP contribution in [-0.4, -0.2) is 18.2 Å². The first-order valence-electron chi connectivity index (χ1n) is 5.17. The van der Waals surface area contributed by atoms with Crippen LogP contribution in [0.5, 0.6) is 5.75 Å². The fourth-order valence-corrected chi connectivity index (χ4v) is 1.58. The number of allylic oxidation sites excluding steroid dienone is 1. The van der Waals surface area contributed by atoms with Crippen LogP contribution in [0.2, 0.25) is 0 Å². The van der Waals surface area contributed by atoms with E-state index in [1.165, 1.54) is 6.08 Å². The third-order valence-electron chi connectivity index (χ3n) is 2.38. The molecular weight excluding hydrogens is 204 g/mol. The SMILES string of the molecule is CCC(=CC(=O)O)c1ccc(C)cc1OC. The Morgan fingerprint density at radius 3 is 2.69 bits per heavy atom. The Morgan fingerprint density at radius 2 is 2.19 bits per heavy atom. The van der Waals surface area contributed by atoms with Crippen LogP contribution in [0.4, 0.5) is 0 Å². The molecule has 16 heavy (non-hydrogen) atoms. The Balaban J connectivity index is 3.24. The number of carboxylic acid groups (broad SMARTS) is 1. The molecule has 0 fully saturated rings. The summed E-state index contributed by atoms with van der Waals surface area (Å²) in [6.45, 7) is 3.90. The average Bonchev–Trinajstić information content (AvgIpc) is 2.25. The molecule has 1 N–H and O–H groups in total. The van der Waals surface area contributed by atoms with Gasteiger partial charge < -0.3 is 9.84 Å². The molecule has 3 heteroatoms. The van der Waals surface area contributed by atoms with Gasteiger partial charge in [0, 0.05) is 11.6 Å². The third-order valence-corrected chi connectivity index (χ3v) is 2.38. The van der Waals surface area contributed by atoms with E-state index in [0.29, 0.717) is 12.2 Å². The van der Waals surface area contributed by atoms with E-state index in [-0.39, 0.29) is 0 Å². The molecule has 86 valence electrons. The summed E-state index contributed by atoms with van der Waals surface area (Å²) in [4.78, 5) is 10.7. The van der Waals surface area contributed by atoms with Crippen LogP contribution in [0.15, 0.2) is 24.3 Å². The molecule has 1 aromatic carbocycles. The molecule has 1 rings (SSSR count). The molecule has 0 bridgehead atoms. The Kier molecular flexibility index (Phi) is 4.11. The van der Waals surface area contributed by atoms with Crippen molar-refractivity contribution >= 4 is 11.5 Å². The number of methoxy groups -OCH3 is 1. The van der Waals surface area contributed by atoms with Gasteiger partial charge in [-0.1, -0.05) is 19.1 Å². The fraction of sp³-hybridized carbons (Fsp3) is 0.308. The zero-order valence-corrected chi connectivity index (χ0v) is 9.78. The molecule has 0 heterocycles. The maximum absolute atomic E-state index is 10.7. The quantitative estimate of drug-likeness (QED) is 0.793. The molecule has 0 atom stereocenters. The van der Waals surface area contributed by atoms with Gasteiger partial charge in [-0.2, -0.15) is 0 Å². The number of aryl methyl sites for hydroxylation is 1. The van der Waals surface area contributed by atoms with E-state index in [4.69, 9.17) is 9.84 Å². The van der Waals surface area contributed by atoms with Crippen LogP contribution in [0.1, 0.15) is 24.5 Å². The van der Waals surface area contributed by atoms with Gasteiger partial charge in [-0.3, -0.25) is 0 Å². The van der Waals surface area contributed by atoms with E-state index >= 15 is 0 Å². The molecule has 0 unspecified atom stereocenters. The van der Waals surface area contributed by atoms with Crippen molar-refractivity contribution < 1.29 is 14.6 Å². The number of carbonyl (C=O) groups is 1. The van der Waals surface area contributed by atoms with Crippen molar-refractivity contribution in [3.63, 3.8) is 0 Å². The van der Waals surface area contributed by atoms with Gasteiger partial charge in [0.25, 0.3) is 0 Å². The molecule has 0 aliphatic rings. The normalized spacial score (nSPS) is 11.3. The largest absolute Gasteiger partial charge is 0.496 e. The minimum absolute atomic E-state index is 0.658. The second-order valence-corrected chi connectivity index (χ2v) is 3.57. The van der Waals surface area contributed by atoms with Crippen molar-refractivity contribution in [1.82, 2.24) is 0 Å². The minimum Gasteiger partial charge on any atom is -0.496 e. The second-order valence-electron chi connectivity index (χ2n) is 3.57. The smallest absolute Gasteiger partial charge is 0.328 e. The predicted octanol–water partition coefficient (Wildman–Crippen LogP) is 2.88. The van der Waals surface area contributed by atoms with Crippen molar-refractivity contribution in [3.05, 3.63) is 35.4 Å². The number of carboxylic acids is 1. The highest BCUT2D eigenvalue weighted by atomic mass is 16.5. The Bertz CT molecular complexity index is 419. The Labute approximate surface area is 95.4 Å². The van der Waals surface area contributed by atoms with Crippen molar-refractivity contribution in [2.24, 2.45) is 0 Å². The van der Waals surface area contributed by atoms with Gasteiger partial charge in [-0.15, -0.1) is 0 Å². The molecule has 0 aromatic heterocycles. The molecule has 3 nitrogen and oxygen atoms in total. The first-order valence-corrected chi connectivity index (χ1v) is 5.17. The number of benzene rings is 1. The minimum atomic E-state index is -0.931. The van der Waals surface area contributed by atoms with Gasteiger partial charge in [0.2, 0.25) is 0 Å². The topological polar surface area (TPSA) is 46.5 Å². The molecule has 0 amide bonds. The van der Waals surface area contributed by atoms with E-state index in [1.807, 2.05) is 32.0 Å². The number of rotatable bonds is 4. The molecular formula is C13H16O3. The van der Waals surface area contributed by atoms with E-state index < -0.39 is 5.97 Å². The van der Waals surface area contributed by atoms with Gasteiger partial charge >= 0.3 is 5.97 Å². The lowest BCUT2D eigenvalue weighted by Crippen LogP contribution is -1.95. The molecule has 1 aromatic rings. The number of aliphatic carboxylic acids is 1. The lowest BCUT2D eigenvalue weighted by Gasteiger charge is -2.11. The van der Waals surface area contributed by atoms with E-state index in [9.17, 15) is 4.79 Å². The Morgan fingerprint density at radius 1 is 1.50 bits per heavy atom. The maximum Gasteiger partial charge on any atom is 0.328 e. The highest BCUT2D eigenvalue weighted by Crippen LogP contribution is 2.28.